The minimum atomic E-state index is -3.69. The number of methoxy groups -OCH3 is 1. The minimum absolute atomic E-state index is 0.0907. The summed E-state index contributed by atoms with van der Waals surface area (Å²) in [5, 5.41) is 10.0. The molecule has 0 saturated carbocycles. The van der Waals surface area contributed by atoms with Crippen LogP contribution >= 0.6 is 0 Å². The van der Waals surface area contributed by atoms with Crippen molar-refractivity contribution in [1.29, 1.82) is 0 Å². The molecule has 0 aliphatic carbocycles. The normalized spacial score (nSPS) is 15.0. The Bertz CT molecular complexity index is 535. The molecule has 114 valence electrons. The van der Waals surface area contributed by atoms with E-state index in [0.717, 1.165) is 5.56 Å². The van der Waals surface area contributed by atoms with Crippen molar-refractivity contribution in [3.05, 3.63) is 23.8 Å². The average Bonchev–Trinajstić information content (AvgIpc) is 2.33. The molecule has 1 aromatic carbocycles. The van der Waals surface area contributed by atoms with Crippen LogP contribution in [0, 0.1) is 6.92 Å². The summed E-state index contributed by atoms with van der Waals surface area (Å²) < 4.78 is 31.6. The van der Waals surface area contributed by atoms with Gasteiger partial charge in [0.2, 0.25) is 10.0 Å². The number of hydrogen-bond donors (Lipinski definition) is 3. The molecule has 0 fully saturated rings. The van der Waals surface area contributed by atoms with Crippen LogP contribution in [0.4, 0.5) is 5.69 Å². The quantitative estimate of drug-likeness (QED) is 0.642. The van der Waals surface area contributed by atoms with E-state index in [1.165, 1.54) is 19.2 Å². The SMILES string of the molecule is COCCC(C)(O)CNS(=O)(=O)c1cc(C)cc(N)c1. The lowest BCUT2D eigenvalue weighted by atomic mass is 10.0. The van der Waals surface area contributed by atoms with Crippen molar-refractivity contribution in [3.8, 4) is 0 Å². The second kappa shape index (κ2) is 6.53. The van der Waals surface area contributed by atoms with Crippen LogP contribution < -0.4 is 10.5 Å². The van der Waals surface area contributed by atoms with Gasteiger partial charge in [-0.05, 0) is 37.6 Å². The van der Waals surface area contributed by atoms with E-state index in [2.05, 4.69) is 4.72 Å². The first-order chi connectivity index (χ1) is 9.16. The second-order valence-electron chi connectivity index (χ2n) is 5.14. The lowest BCUT2D eigenvalue weighted by Gasteiger charge is -2.23. The number of ether oxygens (including phenoxy) is 1. The summed E-state index contributed by atoms with van der Waals surface area (Å²) in [7, 11) is -2.17. The van der Waals surface area contributed by atoms with Crippen molar-refractivity contribution in [3.63, 3.8) is 0 Å². The molecule has 0 radical (unpaired) electrons. The van der Waals surface area contributed by atoms with Crippen LogP contribution in [0.3, 0.4) is 0 Å². The number of rotatable bonds is 7. The molecular weight excluding hydrogens is 280 g/mol. The third kappa shape index (κ3) is 5.09. The molecular formula is C13H22N2O4S. The van der Waals surface area contributed by atoms with E-state index in [4.69, 9.17) is 10.5 Å². The Morgan fingerprint density at radius 2 is 2.05 bits per heavy atom. The summed E-state index contributed by atoms with van der Waals surface area (Å²) in [5.74, 6) is 0. The number of anilines is 1. The number of nitrogens with two attached hydrogens (primary N) is 1. The summed E-state index contributed by atoms with van der Waals surface area (Å²) in [6, 6.07) is 4.61. The molecule has 20 heavy (non-hydrogen) atoms. The first kappa shape index (κ1) is 16.9. The standard InChI is InChI=1S/C13H22N2O4S/c1-10-6-11(14)8-12(7-10)20(17,18)15-9-13(2,16)4-5-19-3/h6-8,15-16H,4-5,9,14H2,1-3H3. The van der Waals surface area contributed by atoms with Crippen LogP contribution in [0.15, 0.2) is 23.1 Å². The Balaban J connectivity index is 2.80. The van der Waals surface area contributed by atoms with Gasteiger partial charge in [0.15, 0.2) is 0 Å². The predicted octanol–water partition coefficient (Wildman–Crippen LogP) is 0.643. The van der Waals surface area contributed by atoms with Gasteiger partial charge in [0.25, 0.3) is 0 Å². The van der Waals surface area contributed by atoms with Crippen molar-refractivity contribution < 1.29 is 18.3 Å². The number of sulfonamides is 1. The molecule has 4 N–H and O–H groups in total. The first-order valence-corrected chi connectivity index (χ1v) is 7.73. The fourth-order valence-electron chi connectivity index (χ4n) is 1.68. The van der Waals surface area contributed by atoms with E-state index in [1.54, 1.807) is 19.9 Å². The highest BCUT2D eigenvalue weighted by molar-refractivity contribution is 7.89. The van der Waals surface area contributed by atoms with Crippen LogP contribution in [0.25, 0.3) is 0 Å². The minimum Gasteiger partial charge on any atom is -0.399 e. The summed E-state index contributed by atoms with van der Waals surface area (Å²) >= 11 is 0. The Kier molecular flexibility index (Phi) is 5.52. The maximum absolute atomic E-state index is 12.1. The van der Waals surface area contributed by atoms with Gasteiger partial charge in [-0.1, -0.05) is 0 Å². The summed E-state index contributed by atoms with van der Waals surface area (Å²) in [4.78, 5) is 0.0949. The van der Waals surface area contributed by atoms with E-state index in [9.17, 15) is 13.5 Å². The van der Waals surface area contributed by atoms with Crippen LogP contribution in [0.1, 0.15) is 18.9 Å². The van der Waals surface area contributed by atoms with Crippen molar-refractivity contribution in [1.82, 2.24) is 4.72 Å². The lowest BCUT2D eigenvalue weighted by Crippen LogP contribution is -2.41. The zero-order chi connectivity index (χ0) is 15.4. The van der Waals surface area contributed by atoms with Crippen molar-refractivity contribution in [2.24, 2.45) is 0 Å². The van der Waals surface area contributed by atoms with Crippen LogP contribution in [0.5, 0.6) is 0 Å². The van der Waals surface area contributed by atoms with Gasteiger partial charge in [0.1, 0.15) is 0 Å². The van der Waals surface area contributed by atoms with Crippen LogP contribution in [0.2, 0.25) is 0 Å². The van der Waals surface area contributed by atoms with Gasteiger partial charge in [-0.3, -0.25) is 0 Å². The number of aliphatic hydroxyl groups is 1. The van der Waals surface area contributed by atoms with Gasteiger partial charge in [0, 0.05) is 32.4 Å². The lowest BCUT2D eigenvalue weighted by molar-refractivity contribution is 0.0292. The van der Waals surface area contributed by atoms with E-state index < -0.39 is 15.6 Å². The molecule has 0 spiro atoms. The smallest absolute Gasteiger partial charge is 0.240 e. The first-order valence-electron chi connectivity index (χ1n) is 6.24. The molecule has 1 unspecified atom stereocenters. The zero-order valence-electron chi connectivity index (χ0n) is 12.0. The predicted molar refractivity (Wildman–Crippen MR) is 77.9 cm³/mol. The monoisotopic (exact) mass is 302 g/mol. The Labute approximate surface area is 120 Å². The average molecular weight is 302 g/mol. The fraction of sp³-hybridized carbons (Fsp3) is 0.538. The summed E-state index contributed by atoms with van der Waals surface area (Å²) in [6.45, 7) is 3.59. The molecule has 0 aliphatic heterocycles. The molecule has 0 aliphatic rings. The molecule has 1 aromatic rings. The molecule has 0 heterocycles. The molecule has 1 atom stereocenters. The van der Waals surface area contributed by atoms with Gasteiger partial charge >= 0.3 is 0 Å². The zero-order valence-corrected chi connectivity index (χ0v) is 12.8. The van der Waals surface area contributed by atoms with E-state index in [1.807, 2.05) is 0 Å². The third-order valence-corrected chi connectivity index (χ3v) is 4.25. The van der Waals surface area contributed by atoms with Crippen molar-refractivity contribution in [2.75, 3.05) is 26.0 Å². The van der Waals surface area contributed by atoms with Gasteiger partial charge in [-0.15, -0.1) is 0 Å². The van der Waals surface area contributed by atoms with E-state index in [-0.39, 0.29) is 11.4 Å². The Hall–Kier alpha value is -1.15. The molecule has 0 aromatic heterocycles. The van der Waals surface area contributed by atoms with Gasteiger partial charge in [-0.25, -0.2) is 13.1 Å². The fourth-order valence-corrected chi connectivity index (χ4v) is 2.98. The molecule has 7 heteroatoms. The second-order valence-corrected chi connectivity index (χ2v) is 6.91. The van der Waals surface area contributed by atoms with Gasteiger partial charge in [-0.2, -0.15) is 0 Å². The molecule has 6 nitrogen and oxygen atoms in total. The number of hydrogen-bond acceptors (Lipinski definition) is 5. The third-order valence-electron chi connectivity index (χ3n) is 2.87. The van der Waals surface area contributed by atoms with E-state index in [0.29, 0.717) is 18.7 Å². The molecule has 0 amide bonds. The van der Waals surface area contributed by atoms with Crippen LogP contribution in [-0.2, 0) is 14.8 Å². The number of nitrogen functional groups attached to an aromatic ring is 1. The highest BCUT2D eigenvalue weighted by atomic mass is 32.2. The molecule has 0 saturated heterocycles. The number of aryl methyl sites for hydroxylation is 1. The highest BCUT2D eigenvalue weighted by Gasteiger charge is 2.24. The number of benzene rings is 1. The summed E-state index contributed by atoms with van der Waals surface area (Å²) in [6.07, 6.45) is 0.335. The molecule has 1 rings (SSSR count). The highest BCUT2D eigenvalue weighted by Crippen LogP contribution is 2.17. The van der Waals surface area contributed by atoms with Gasteiger partial charge in [0.05, 0.1) is 10.5 Å². The van der Waals surface area contributed by atoms with Gasteiger partial charge < -0.3 is 15.6 Å². The van der Waals surface area contributed by atoms with E-state index >= 15 is 0 Å². The molecule has 0 bridgehead atoms. The number of nitrogens with one attached hydrogen (secondary N) is 1. The maximum atomic E-state index is 12.1. The van der Waals surface area contributed by atoms with Crippen molar-refractivity contribution >= 4 is 15.7 Å². The Morgan fingerprint density at radius 1 is 1.40 bits per heavy atom. The largest absolute Gasteiger partial charge is 0.399 e. The van der Waals surface area contributed by atoms with Crippen LogP contribution in [-0.4, -0.2) is 39.4 Å². The Morgan fingerprint density at radius 3 is 2.60 bits per heavy atom. The van der Waals surface area contributed by atoms with Crippen molar-refractivity contribution in [2.45, 2.75) is 30.8 Å². The maximum Gasteiger partial charge on any atom is 0.240 e. The topological polar surface area (TPSA) is 102 Å². The summed E-state index contributed by atoms with van der Waals surface area (Å²) in [5.41, 5.74) is 5.62.